The molecule has 7 nitrogen and oxygen atoms in total. The average molecular weight is 289 g/mol. The van der Waals surface area contributed by atoms with Crippen molar-refractivity contribution in [3.05, 3.63) is 30.5 Å². The van der Waals surface area contributed by atoms with Crippen molar-refractivity contribution in [2.24, 2.45) is 0 Å². The van der Waals surface area contributed by atoms with Crippen molar-refractivity contribution in [2.75, 3.05) is 38.0 Å². The van der Waals surface area contributed by atoms with Crippen LogP contribution in [0.4, 0.5) is 17.5 Å². The number of nitrogens with zero attached hydrogens (tertiary/aromatic N) is 3. The van der Waals surface area contributed by atoms with Crippen LogP contribution in [-0.4, -0.2) is 42.6 Å². The highest BCUT2D eigenvalue weighted by atomic mass is 16.5. The van der Waals surface area contributed by atoms with E-state index in [4.69, 9.17) is 9.47 Å². The molecule has 1 heterocycles. The number of nitrogens with one attached hydrogen (secondary N) is 2. The van der Waals surface area contributed by atoms with Crippen molar-refractivity contribution < 1.29 is 9.47 Å². The van der Waals surface area contributed by atoms with Gasteiger partial charge in [-0.3, -0.25) is 0 Å². The zero-order chi connectivity index (χ0) is 14.9. The smallest absolute Gasteiger partial charge is 0.244 e. The number of benzene rings is 1. The Morgan fingerprint density at radius 3 is 2.95 bits per heavy atom. The molecule has 0 aliphatic rings. The number of hydrogen-bond donors (Lipinski definition) is 2. The van der Waals surface area contributed by atoms with Gasteiger partial charge < -0.3 is 20.1 Å². The van der Waals surface area contributed by atoms with Crippen molar-refractivity contribution in [3.8, 4) is 5.75 Å². The standard InChI is InChI=1S/C14H19N5O2/c1-20-8-4-7-15-14-18-13(10-16-19-14)17-11-5-3-6-12(9-11)21-2/h3,5-6,9-10H,4,7-8H2,1-2H3,(H2,15,17,18,19). The lowest BCUT2D eigenvalue weighted by atomic mass is 10.3. The molecule has 0 aliphatic heterocycles. The summed E-state index contributed by atoms with van der Waals surface area (Å²) in [6.07, 6.45) is 2.45. The van der Waals surface area contributed by atoms with Crippen molar-refractivity contribution >= 4 is 17.5 Å². The summed E-state index contributed by atoms with van der Waals surface area (Å²) in [6, 6.07) is 7.59. The van der Waals surface area contributed by atoms with Gasteiger partial charge in [-0.05, 0) is 18.6 Å². The van der Waals surface area contributed by atoms with Crippen LogP contribution in [0, 0.1) is 0 Å². The van der Waals surface area contributed by atoms with E-state index in [-0.39, 0.29) is 0 Å². The molecule has 0 bridgehead atoms. The summed E-state index contributed by atoms with van der Waals surface area (Å²) in [7, 11) is 3.31. The summed E-state index contributed by atoms with van der Waals surface area (Å²) in [4.78, 5) is 4.34. The molecule has 7 heteroatoms. The topological polar surface area (TPSA) is 81.2 Å². The van der Waals surface area contributed by atoms with Crippen molar-refractivity contribution in [3.63, 3.8) is 0 Å². The van der Waals surface area contributed by atoms with Crippen molar-refractivity contribution in [1.29, 1.82) is 0 Å². The van der Waals surface area contributed by atoms with Gasteiger partial charge in [-0.25, -0.2) is 0 Å². The highest BCUT2D eigenvalue weighted by Crippen LogP contribution is 2.19. The fraction of sp³-hybridized carbons (Fsp3) is 0.357. The zero-order valence-electron chi connectivity index (χ0n) is 12.2. The lowest BCUT2D eigenvalue weighted by Crippen LogP contribution is -2.09. The van der Waals surface area contributed by atoms with Gasteiger partial charge in [-0.15, -0.1) is 5.10 Å². The summed E-state index contributed by atoms with van der Waals surface area (Å²) >= 11 is 0. The van der Waals surface area contributed by atoms with Crippen LogP contribution in [0.3, 0.4) is 0 Å². The van der Waals surface area contributed by atoms with Crippen LogP contribution >= 0.6 is 0 Å². The number of anilines is 3. The maximum Gasteiger partial charge on any atom is 0.244 e. The number of aromatic nitrogens is 3. The maximum atomic E-state index is 5.18. The first-order valence-electron chi connectivity index (χ1n) is 6.65. The van der Waals surface area contributed by atoms with Gasteiger partial charge in [0.1, 0.15) is 5.75 Å². The Bertz CT molecular complexity index is 565. The molecule has 0 fully saturated rings. The lowest BCUT2D eigenvalue weighted by Gasteiger charge is -2.08. The minimum Gasteiger partial charge on any atom is -0.497 e. The van der Waals surface area contributed by atoms with E-state index in [1.165, 1.54) is 0 Å². The van der Waals surface area contributed by atoms with Crippen LogP contribution in [0.5, 0.6) is 5.75 Å². The molecule has 0 saturated heterocycles. The van der Waals surface area contributed by atoms with E-state index < -0.39 is 0 Å². The first kappa shape index (κ1) is 15.0. The molecule has 1 aromatic carbocycles. The maximum absolute atomic E-state index is 5.18. The third-order valence-corrected chi connectivity index (χ3v) is 2.71. The molecule has 0 radical (unpaired) electrons. The van der Waals surface area contributed by atoms with Crippen LogP contribution in [-0.2, 0) is 4.74 Å². The lowest BCUT2D eigenvalue weighted by molar-refractivity contribution is 0.197. The second-order valence-corrected chi connectivity index (χ2v) is 4.30. The molecule has 0 amide bonds. The summed E-state index contributed by atoms with van der Waals surface area (Å²) in [5, 5.41) is 14.1. The van der Waals surface area contributed by atoms with Crippen LogP contribution in [0.2, 0.25) is 0 Å². The molecule has 2 aromatic rings. The Morgan fingerprint density at radius 1 is 1.24 bits per heavy atom. The fourth-order valence-electron chi connectivity index (χ4n) is 1.70. The van der Waals surface area contributed by atoms with E-state index >= 15 is 0 Å². The molecule has 0 unspecified atom stereocenters. The van der Waals surface area contributed by atoms with E-state index in [0.29, 0.717) is 18.4 Å². The Balaban J connectivity index is 1.96. The molecule has 0 atom stereocenters. The summed E-state index contributed by atoms with van der Waals surface area (Å²) in [5.41, 5.74) is 0.875. The molecule has 0 saturated carbocycles. The van der Waals surface area contributed by atoms with Gasteiger partial charge in [0.2, 0.25) is 5.95 Å². The summed E-state index contributed by atoms with van der Waals surface area (Å²) < 4.78 is 10.2. The van der Waals surface area contributed by atoms with Crippen LogP contribution in [0.15, 0.2) is 30.5 Å². The minimum atomic E-state index is 0.485. The SMILES string of the molecule is COCCCNc1nncc(Nc2cccc(OC)c2)n1. The third kappa shape index (κ3) is 4.88. The molecule has 2 rings (SSSR count). The molecule has 0 spiro atoms. The Morgan fingerprint density at radius 2 is 2.14 bits per heavy atom. The van der Waals surface area contributed by atoms with Gasteiger partial charge in [0, 0.05) is 32.0 Å². The molecular formula is C14H19N5O2. The number of methoxy groups -OCH3 is 2. The van der Waals surface area contributed by atoms with Crippen LogP contribution in [0.25, 0.3) is 0 Å². The van der Waals surface area contributed by atoms with Crippen molar-refractivity contribution in [2.45, 2.75) is 6.42 Å². The molecule has 112 valence electrons. The second-order valence-electron chi connectivity index (χ2n) is 4.30. The molecule has 21 heavy (non-hydrogen) atoms. The molecular weight excluding hydrogens is 270 g/mol. The van der Waals surface area contributed by atoms with Gasteiger partial charge in [0.05, 0.1) is 13.3 Å². The van der Waals surface area contributed by atoms with E-state index in [1.807, 2.05) is 24.3 Å². The minimum absolute atomic E-state index is 0.485. The van der Waals surface area contributed by atoms with Crippen molar-refractivity contribution in [1.82, 2.24) is 15.2 Å². The first-order valence-corrected chi connectivity index (χ1v) is 6.65. The van der Waals surface area contributed by atoms with Gasteiger partial charge in [-0.1, -0.05) is 6.07 Å². The van der Waals surface area contributed by atoms with E-state index in [9.17, 15) is 0 Å². The van der Waals surface area contributed by atoms with E-state index in [0.717, 1.165) is 24.4 Å². The summed E-state index contributed by atoms with van der Waals surface area (Å²) in [5.74, 6) is 1.88. The van der Waals surface area contributed by atoms with Crippen LogP contribution < -0.4 is 15.4 Å². The number of hydrogen-bond acceptors (Lipinski definition) is 7. The molecule has 2 N–H and O–H groups in total. The predicted molar refractivity (Wildman–Crippen MR) is 81.1 cm³/mol. The monoisotopic (exact) mass is 289 g/mol. The normalized spacial score (nSPS) is 10.2. The molecule has 0 aliphatic carbocycles. The first-order chi connectivity index (χ1) is 10.3. The Kier molecular flexibility index (Phi) is 5.71. The number of rotatable bonds is 8. The highest BCUT2D eigenvalue weighted by Gasteiger charge is 2.02. The largest absolute Gasteiger partial charge is 0.497 e. The fourth-order valence-corrected chi connectivity index (χ4v) is 1.70. The average Bonchev–Trinajstić information content (AvgIpc) is 2.52. The van der Waals surface area contributed by atoms with E-state index in [1.54, 1.807) is 20.4 Å². The second kappa shape index (κ2) is 8.01. The third-order valence-electron chi connectivity index (χ3n) is 2.71. The summed E-state index contributed by atoms with van der Waals surface area (Å²) in [6.45, 7) is 1.43. The molecule has 1 aromatic heterocycles. The van der Waals surface area contributed by atoms with Gasteiger partial charge in [0.15, 0.2) is 5.82 Å². The quantitative estimate of drug-likeness (QED) is 0.720. The Labute approximate surface area is 123 Å². The zero-order valence-corrected chi connectivity index (χ0v) is 12.2. The van der Waals surface area contributed by atoms with E-state index in [2.05, 4.69) is 25.8 Å². The predicted octanol–water partition coefficient (Wildman–Crippen LogP) is 2.07. The van der Waals surface area contributed by atoms with Gasteiger partial charge >= 0.3 is 0 Å². The van der Waals surface area contributed by atoms with Gasteiger partial charge in [0.25, 0.3) is 0 Å². The number of ether oxygens (including phenoxy) is 2. The Hall–Kier alpha value is -2.41. The highest BCUT2D eigenvalue weighted by molar-refractivity contribution is 5.58. The van der Waals surface area contributed by atoms with Gasteiger partial charge in [-0.2, -0.15) is 10.1 Å². The van der Waals surface area contributed by atoms with Crippen LogP contribution in [0.1, 0.15) is 6.42 Å².